The van der Waals surface area contributed by atoms with E-state index < -0.39 is 0 Å². The molecule has 2 heteroatoms. The second-order valence-electron chi connectivity index (χ2n) is 8.02. The van der Waals surface area contributed by atoms with Crippen molar-refractivity contribution < 1.29 is 5.11 Å². The van der Waals surface area contributed by atoms with E-state index in [-0.39, 0.29) is 0 Å². The SMILES string of the molecule is CCC12CC3CC(c4ccc(O)cc41)C(C2)N3CC1CC1. The zero-order valence-corrected chi connectivity index (χ0v) is 12.9. The number of benzene rings is 1. The van der Waals surface area contributed by atoms with E-state index in [1.807, 2.05) is 6.07 Å². The molecular weight excluding hydrogens is 258 g/mol. The van der Waals surface area contributed by atoms with E-state index in [2.05, 4.69) is 24.0 Å². The van der Waals surface area contributed by atoms with Gasteiger partial charge in [0.15, 0.2) is 0 Å². The molecule has 2 heterocycles. The van der Waals surface area contributed by atoms with E-state index in [9.17, 15) is 5.11 Å². The molecule has 4 aliphatic rings. The lowest BCUT2D eigenvalue weighted by Gasteiger charge is -2.51. The Morgan fingerprint density at radius 2 is 2.14 bits per heavy atom. The van der Waals surface area contributed by atoms with Crippen molar-refractivity contribution in [3.05, 3.63) is 29.3 Å². The molecule has 112 valence electrons. The molecule has 2 nitrogen and oxygen atoms in total. The summed E-state index contributed by atoms with van der Waals surface area (Å²) in [5, 5.41) is 9.96. The fraction of sp³-hybridized carbons (Fsp3) is 0.684. The minimum absolute atomic E-state index is 0.344. The predicted octanol–water partition coefficient (Wildman–Crippen LogP) is 3.78. The van der Waals surface area contributed by atoms with Gasteiger partial charge in [0.1, 0.15) is 5.75 Å². The topological polar surface area (TPSA) is 23.5 Å². The molecule has 1 aromatic rings. The van der Waals surface area contributed by atoms with E-state index in [1.165, 1.54) is 50.6 Å². The van der Waals surface area contributed by atoms with Crippen LogP contribution in [0.25, 0.3) is 0 Å². The zero-order valence-electron chi connectivity index (χ0n) is 12.9. The molecule has 0 amide bonds. The number of hydrogen-bond acceptors (Lipinski definition) is 2. The number of piperidine rings is 1. The van der Waals surface area contributed by atoms with Crippen molar-refractivity contribution >= 4 is 0 Å². The van der Waals surface area contributed by atoms with Crippen molar-refractivity contribution in [3.63, 3.8) is 0 Å². The van der Waals surface area contributed by atoms with Crippen LogP contribution in [0.5, 0.6) is 5.75 Å². The second kappa shape index (κ2) is 4.04. The summed E-state index contributed by atoms with van der Waals surface area (Å²) in [4.78, 5) is 2.88. The fourth-order valence-corrected chi connectivity index (χ4v) is 5.73. The molecule has 4 atom stereocenters. The Labute approximate surface area is 127 Å². The average molecular weight is 283 g/mol. The first kappa shape index (κ1) is 12.5. The number of phenols is 1. The van der Waals surface area contributed by atoms with Gasteiger partial charge >= 0.3 is 0 Å². The van der Waals surface area contributed by atoms with Crippen LogP contribution in [0.15, 0.2) is 18.2 Å². The number of rotatable bonds is 3. The van der Waals surface area contributed by atoms with Crippen LogP contribution >= 0.6 is 0 Å². The average Bonchev–Trinajstić information content (AvgIpc) is 3.27. The van der Waals surface area contributed by atoms with Crippen LogP contribution in [0.1, 0.15) is 62.5 Å². The minimum atomic E-state index is 0.344. The molecular formula is C19H25NO. The number of nitrogens with zero attached hydrogens (tertiary/aromatic N) is 1. The summed E-state index contributed by atoms with van der Waals surface area (Å²) in [6, 6.07) is 7.80. The van der Waals surface area contributed by atoms with Gasteiger partial charge in [-0.3, -0.25) is 4.90 Å². The Hall–Kier alpha value is -1.02. The molecule has 2 aliphatic heterocycles. The van der Waals surface area contributed by atoms with Crippen LogP contribution in [0.3, 0.4) is 0 Å². The molecule has 21 heavy (non-hydrogen) atoms. The molecule has 2 aliphatic carbocycles. The van der Waals surface area contributed by atoms with Crippen LogP contribution in [0, 0.1) is 5.92 Å². The third kappa shape index (κ3) is 1.63. The number of fused-ring (bicyclic) bond motifs is 5. The van der Waals surface area contributed by atoms with Gasteiger partial charge < -0.3 is 5.11 Å². The fourth-order valence-electron chi connectivity index (χ4n) is 5.73. The van der Waals surface area contributed by atoms with E-state index in [4.69, 9.17) is 0 Å². The lowest BCUT2D eigenvalue weighted by Crippen LogP contribution is -2.52. The highest BCUT2D eigenvalue weighted by atomic mass is 16.3. The van der Waals surface area contributed by atoms with Gasteiger partial charge in [-0.25, -0.2) is 0 Å². The van der Waals surface area contributed by atoms with E-state index in [0.717, 1.165) is 23.9 Å². The number of hydrogen-bond donors (Lipinski definition) is 1. The quantitative estimate of drug-likeness (QED) is 0.912. The maximum Gasteiger partial charge on any atom is 0.115 e. The molecule has 1 N–H and O–H groups in total. The van der Waals surface area contributed by atoms with Gasteiger partial charge in [-0.2, -0.15) is 0 Å². The highest BCUT2D eigenvalue weighted by molar-refractivity contribution is 5.48. The third-order valence-corrected chi connectivity index (χ3v) is 6.96. The van der Waals surface area contributed by atoms with Gasteiger partial charge in [0.05, 0.1) is 0 Å². The summed E-state index contributed by atoms with van der Waals surface area (Å²) in [6.07, 6.45) is 8.15. The number of aromatic hydroxyl groups is 1. The molecule has 0 aromatic heterocycles. The van der Waals surface area contributed by atoms with Crippen LogP contribution in [0.4, 0.5) is 0 Å². The Kier molecular flexibility index (Phi) is 2.41. The summed E-state index contributed by atoms with van der Waals surface area (Å²) < 4.78 is 0. The normalized spacial score (nSPS) is 40.5. The van der Waals surface area contributed by atoms with Crippen molar-refractivity contribution in [2.24, 2.45) is 5.92 Å². The Bertz CT molecular complexity index is 589. The van der Waals surface area contributed by atoms with Crippen LogP contribution in [-0.2, 0) is 5.41 Å². The Morgan fingerprint density at radius 3 is 2.90 bits per heavy atom. The highest BCUT2D eigenvalue weighted by Gasteiger charge is 2.57. The van der Waals surface area contributed by atoms with Gasteiger partial charge in [0.2, 0.25) is 0 Å². The van der Waals surface area contributed by atoms with Gasteiger partial charge in [-0.05, 0) is 73.1 Å². The zero-order chi connectivity index (χ0) is 14.2. The largest absolute Gasteiger partial charge is 0.508 e. The highest BCUT2D eigenvalue weighted by Crippen LogP contribution is 2.60. The summed E-state index contributed by atoms with van der Waals surface area (Å²) in [5.74, 6) is 2.19. The molecule has 0 radical (unpaired) electrons. The molecule has 0 spiro atoms. The van der Waals surface area contributed by atoms with Gasteiger partial charge in [-0.1, -0.05) is 13.0 Å². The summed E-state index contributed by atoms with van der Waals surface area (Å²) in [7, 11) is 0. The van der Waals surface area contributed by atoms with Gasteiger partial charge in [0, 0.05) is 24.5 Å². The minimum Gasteiger partial charge on any atom is -0.508 e. The molecule has 4 unspecified atom stereocenters. The molecule has 3 bridgehead atoms. The van der Waals surface area contributed by atoms with Gasteiger partial charge in [-0.15, -0.1) is 0 Å². The van der Waals surface area contributed by atoms with E-state index >= 15 is 0 Å². The van der Waals surface area contributed by atoms with Crippen molar-refractivity contribution in [2.45, 2.75) is 68.9 Å². The monoisotopic (exact) mass is 283 g/mol. The third-order valence-electron chi connectivity index (χ3n) is 6.96. The van der Waals surface area contributed by atoms with Gasteiger partial charge in [0.25, 0.3) is 0 Å². The van der Waals surface area contributed by atoms with Crippen LogP contribution in [-0.4, -0.2) is 28.6 Å². The van der Waals surface area contributed by atoms with E-state index in [0.29, 0.717) is 11.2 Å². The lowest BCUT2D eigenvalue weighted by molar-refractivity contribution is 0.0661. The molecule has 2 saturated heterocycles. The number of phenolic OH excluding ortho intramolecular Hbond substituents is 1. The molecule has 1 saturated carbocycles. The summed E-state index contributed by atoms with van der Waals surface area (Å²) in [6.45, 7) is 3.71. The smallest absolute Gasteiger partial charge is 0.115 e. The Morgan fingerprint density at radius 1 is 1.29 bits per heavy atom. The van der Waals surface area contributed by atoms with Crippen molar-refractivity contribution in [3.8, 4) is 5.75 Å². The van der Waals surface area contributed by atoms with Crippen molar-refractivity contribution in [1.29, 1.82) is 0 Å². The first-order valence-electron chi connectivity index (χ1n) is 8.79. The first-order valence-corrected chi connectivity index (χ1v) is 8.79. The predicted molar refractivity (Wildman–Crippen MR) is 83.7 cm³/mol. The molecule has 5 rings (SSSR count). The molecule has 1 aromatic carbocycles. The second-order valence-corrected chi connectivity index (χ2v) is 8.02. The van der Waals surface area contributed by atoms with E-state index in [1.54, 1.807) is 5.56 Å². The summed E-state index contributed by atoms with van der Waals surface area (Å²) in [5.41, 5.74) is 3.39. The van der Waals surface area contributed by atoms with Crippen LogP contribution in [0.2, 0.25) is 0 Å². The Balaban J connectivity index is 1.61. The van der Waals surface area contributed by atoms with Crippen molar-refractivity contribution in [1.82, 2.24) is 4.90 Å². The van der Waals surface area contributed by atoms with Crippen molar-refractivity contribution in [2.75, 3.05) is 6.54 Å². The maximum absolute atomic E-state index is 9.96. The first-order chi connectivity index (χ1) is 10.2. The molecule has 3 fully saturated rings. The standard InChI is InChI=1S/C19H25NO/c1-2-19-9-13-7-16(15-6-5-14(21)8-17(15)19)18(10-19)20(13)11-12-3-4-12/h5-6,8,12-13,16,18,21H,2-4,7,9-11H2,1H3. The maximum atomic E-state index is 9.96. The summed E-state index contributed by atoms with van der Waals surface area (Å²) >= 11 is 0. The van der Waals surface area contributed by atoms with Crippen LogP contribution < -0.4 is 0 Å². The lowest BCUT2D eigenvalue weighted by atomic mass is 9.62.